The van der Waals surface area contributed by atoms with E-state index >= 15 is 0 Å². The van der Waals surface area contributed by atoms with Crippen LogP contribution in [0.2, 0.25) is 0 Å². The van der Waals surface area contributed by atoms with Crippen LogP contribution >= 0.6 is 11.8 Å². The molecule has 0 amide bonds. The van der Waals surface area contributed by atoms with Crippen LogP contribution in [0.1, 0.15) is 18.2 Å². The van der Waals surface area contributed by atoms with Gasteiger partial charge in [-0.2, -0.15) is 0 Å². The zero-order chi connectivity index (χ0) is 14.5. The van der Waals surface area contributed by atoms with Crippen molar-refractivity contribution in [2.45, 2.75) is 24.8 Å². The van der Waals surface area contributed by atoms with Gasteiger partial charge in [0.1, 0.15) is 5.75 Å². The van der Waals surface area contributed by atoms with E-state index in [2.05, 4.69) is 9.97 Å². The van der Waals surface area contributed by atoms with Gasteiger partial charge in [-0.1, -0.05) is 11.8 Å². The van der Waals surface area contributed by atoms with Crippen LogP contribution in [0.3, 0.4) is 0 Å². The molecule has 2 aromatic rings. The molecule has 0 radical (unpaired) electrons. The summed E-state index contributed by atoms with van der Waals surface area (Å²) < 4.78 is 5.57. The maximum Gasteiger partial charge on any atom is 0.251 e. The number of aromatic amines is 1. The van der Waals surface area contributed by atoms with Gasteiger partial charge in [0.2, 0.25) is 0 Å². The van der Waals surface area contributed by atoms with E-state index in [1.165, 1.54) is 17.8 Å². The van der Waals surface area contributed by atoms with E-state index in [-0.39, 0.29) is 5.56 Å². The molecule has 1 heterocycles. The highest BCUT2D eigenvalue weighted by atomic mass is 32.2. The lowest BCUT2D eigenvalue weighted by molar-refractivity contribution is 0.337. The Bertz CT molecular complexity index is 655. The van der Waals surface area contributed by atoms with Crippen LogP contribution in [-0.2, 0) is 5.75 Å². The number of hydrogen-bond donors (Lipinski definition) is 2. The third-order valence-corrected chi connectivity index (χ3v) is 3.52. The van der Waals surface area contributed by atoms with Gasteiger partial charge < -0.3 is 15.5 Å². The molecule has 0 aliphatic rings. The molecule has 0 saturated carbocycles. The number of anilines is 1. The fourth-order valence-electron chi connectivity index (χ4n) is 1.77. The first-order valence-electron chi connectivity index (χ1n) is 6.30. The zero-order valence-corrected chi connectivity index (χ0v) is 12.3. The number of H-pyrrole nitrogens is 1. The Hall–Kier alpha value is -1.95. The standard InChI is InChI=1S/C14H17N3O2S/c1-3-19-12-5-4-11(15)7-10(12)8-20-14-16-9(2)6-13(18)17-14/h4-7H,3,8,15H2,1-2H3,(H,16,17,18). The average Bonchev–Trinajstić information content (AvgIpc) is 2.38. The minimum Gasteiger partial charge on any atom is -0.494 e. The third kappa shape index (κ3) is 3.77. The fraction of sp³-hybridized carbons (Fsp3) is 0.286. The van der Waals surface area contributed by atoms with Crippen LogP contribution in [0.5, 0.6) is 5.75 Å². The molecule has 106 valence electrons. The predicted octanol–water partition coefficient (Wildman–Crippen LogP) is 2.35. The van der Waals surface area contributed by atoms with Crippen LogP contribution in [0.25, 0.3) is 0 Å². The summed E-state index contributed by atoms with van der Waals surface area (Å²) in [4.78, 5) is 18.4. The highest BCUT2D eigenvalue weighted by Crippen LogP contribution is 2.27. The van der Waals surface area contributed by atoms with Crippen LogP contribution in [-0.4, -0.2) is 16.6 Å². The number of aryl methyl sites for hydroxylation is 1. The average molecular weight is 291 g/mol. The highest BCUT2D eigenvalue weighted by molar-refractivity contribution is 7.98. The second kappa shape index (κ2) is 6.47. The Balaban J connectivity index is 2.17. The molecule has 0 spiro atoms. The Morgan fingerprint density at radius 2 is 2.20 bits per heavy atom. The van der Waals surface area contributed by atoms with Crippen LogP contribution in [0, 0.1) is 6.92 Å². The van der Waals surface area contributed by atoms with Crippen molar-refractivity contribution in [3.05, 3.63) is 45.9 Å². The SMILES string of the molecule is CCOc1ccc(N)cc1CSc1nc(C)cc(=O)[nH]1. The molecule has 2 rings (SSSR count). The number of rotatable bonds is 5. The Morgan fingerprint density at radius 3 is 2.90 bits per heavy atom. The maximum absolute atomic E-state index is 11.4. The van der Waals surface area contributed by atoms with Crippen LogP contribution in [0.15, 0.2) is 34.2 Å². The van der Waals surface area contributed by atoms with Gasteiger partial charge in [0, 0.05) is 28.8 Å². The molecule has 1 aromatic carbocycles. The largest absolute Gasteiger partial charge is 0.494 e. The normalized spacial score (nSPS) is 10.5. The van der Waals surface area contributed by atoms with Gasteiger partial charge in [-0.15, -0.1) is 0 Å². The van der Waals surface area contributed by atoms with E-state index in [1.807, 2.05) is 25.1 Å². The van der Waals surface area contributed by atoms with Crippen molar-refractivity contribution >= 4 is 17.4 Å². The molecule has 6 heteroatoms. The van der Waals surface area contributed by atoms with Gasteiger partial charge in [0.25, 0.3) is 5.56 Å². The van der Waals surface area contributed by atoms with E-state index in [4.69, 9.17) is 10.5 Å². The first-order valence-corrected chi connectivity index (χ1v) is 7.29. The molecule has 1 aromatic heterocycles. The quantitative estimate of drug-likeness (QED) is 0.502. The lowest BCUT2D eigenvalue weighted by Crippen LogP contribution is -2.08. The lowest BCUT2D eigenvalue weighted by atomic mass is 10.2. The maximum atomic E-state index is 11.4. The summed E-state index contributed by atoms with van der Waals surface area (Å²) in [7, 11) is 0. The van der Waals surface area contributed by atoms with E-state index < -0.39 is 0 Å². The number of nitrogens with zero attached hydrogens (tertiary/aromatic N) is 1. The lowest BCUT2D eigenvalue weighted by Gasteiger charge is -2.10. The Kier molecular flexibility index (Phi) is 4.68. The van der Waals surface area contributed by atoms with Crippen molar-refractivity contribution in [3.8, 4) is 5.75 Å². The second-order valence-corrected chi connectivity index (χ2v) is 5.24. The topological polar surface area (TPSA) is 81.0 Å². The molecule has 0 fully saturated rings. The van der Waals surface area contributed by atoms with Crippen LogP contribution in [0.4, 0.5) is 5.69 Å². The molecule has 5 nitrogen and oxygen atoms in total. The number of hydrogen-bond acceptors (Lipinski definition) is 5. The number of ether oxygens (including phenoxy) is 1. The number of benzene rings is 1. The number of nitrogens with one attached hydrogen (secondary N) is 1. The smallest absolute Gasteiger partial charge is 0.251 e. The van der Waals surface area contributed by atoms with Crippen molar-refractivity contribution in [2.75, 3.05) is 12.3 Å². The number of nitrogen functional groups attached to an aromatic ring is 1. The molecule has 0 saturated heterocycles. The van der Waals surface area contributed by atoms with E-state index in [0.29, 0.717) is 28.9 Å². The van der Waals surface area contributed by atoms with Gasteiger partial charge in [-0.25, -0.2) is 4.98 Å². The van der Waals surface area contributed by atoms with Gasteiger partial charge >= 0.3 is 0 Å². The first kappa shape index (κ1) is 14.5. The summed E-state index contributed by atoms with van der Waals surface area (Å²) in [5.74, 6) is 1.44. The van der Waals surface area contributed by atoms with Gasteiger partial charge in [0.05, 0.1) is 6.61 Å². The molecule has 0 aliphatic heterocycles. The Labute approximate surface area is 121 Å². The number of aromatic nitrogens is 2. The summed E-state index contributed by atoms with van der Waals surface area (Å²) in [6.07, 6.45) is 0. The van der Waals surface area contributed by atoms with Crippen molar-refractivity contribution in [1.29, 1.82) is 0 Å². The molecule has 0 aliphatic carbocycles. The summed E-state index contributed by atoms with van der Waals surface area (Å²) in [5.41, 5.74) is 8.04. The molecule has 20 heavy (non-hydrogen) atoms. The van der Waals surface area contributed by atoms with Crippen molar-refractivity contribution in [3.63, 3.8) is 0 Å². The summed E-state index contributed by atoms with van der Waals surface area (Å²) in [5, 5.41) is 0.597. The zero-order valence-electron chi connectivity index (χ0n) is 11.5. The monoisotopic (exact) mass is 291 g/mol. The molecule has 3 N–H and O–H groups in total. The van der Waals surface area contributed by atoms with Crippen LogP contribution < -0.4 is 16.0 Å². The summed E-state index contributed by atoms with van der Waals surface area (Å²) >= 11 is 1.45. The molecule has 0 atom stereocenters. The predicted molar refractivity (Wildman–Crippen MR) is 81.2 cm³/mol. The van der Waals surface area contributed by atoms with Crippen molar-refractivity contribution in [2.24, 2.45) is 0 Å². The number of nitrogens with two attached hydrogens (primary N) is 1. The minimum atomic E-state index is -0.141. The van der Waals surface area contributed by atoms with E-state index in [9.17, 15) is 4.79 Å². The molecular weight excluding hydrogens is 274 g/mol. The fourth-order valence-corrected chi connectivity index (χ4v) is 2.67. The van der Waals surface area contributed by atoms with Gasteiger partial charge in [0.15, 0.2) is 5.16 Å². The van der Waals surface area contributed by atoms with E-state index in [1.54, 1.807) is 6.92 Å². The molecule has 0 unspecified atom stereocenters. The molecule has 0 bridgehead atoms. The first-order chi connectivity index (χ1) is 9.58. The van der Waals surface area contributed by atoms with Crippen molar-refractivity contribution < 1.29 is 4.74 Å². The van der Waals surface area contributed by atoms with E-state index in [0.717, 1.165) is 11.3 Å². The minimum absolute atomic E-state index is 0.141. The highest BCUT2D eigenvalue weighted by Gasteiger charge is 2.07. The summed E-state index contributed by atoms with van der Waals surface area (Å²) in [6.45, 7) is 4.33. The van der Waals surface area contributed by atoms with Crippen molar-refractivity contribution in [1.82, 2.24) is 9.97 Å². The molecular formula is C14H17N3O2S. The Morgan fingerprint density at radius 1 is 1.40 bits per heavy atom. The third-order valence-electron chi connectivity index (χ3n) is 2.60. The summed E-state index contributed by atoms with van der Waals surface area (Å²) in [6, 6.07) is 7.02. The second-order valence-electron chi connectivity index (χ2n) is 4.28. The van der Waals surface area contributed by atoms with Gasteiger partial charge in [-0.05, 0) is 32.0 Å². The van der Waals surface area contributed by atoms with Gasteiger partial charge in [-0.3, -0.25) is 4.79 Å². The number of thioether (sulfide) groups is 1.